The van der Waals surface area contributed by atoms with Crippen molar-refractivity contribution in [1.29, 1.82) is 0 Å². The summed E-state index contributed by atoms with van der Waals surface area (Å²) in [5, 5.41) is 0. The lowest BCUT2D eigenvalue weighted by atomic mass is 10.3. The predicted octanol–water partition coefficient (Wildman–Crippen LogP) is 1.54. The van der Waals surface area contributed by atoms with E-state index in [1.807, 2.05) is 18.0 Å². The molecule has 4 heteroatoms. The van der Waals surface area contributed by atoms with Gasteiger partial charge in [-0.25, -0.2) is 0 Å². The van der Waals surface area contributed by atoms with Crippen molar-refractivity contribution < 1.29 is 4.42 Å². The van der Waals surface area contributed by atoms with Crippen LogP contribution >= 0.6 is 0 Å². The van der Waals surface area contributed by atoms with Gasteiger partial charge in [0.05, 0.1) is 5.69 Å². The number of rotatable bonds is 6. The summed E-state index contributed by atoms with van der Waals surface area (Å²) in [6.07, 6.45) is 5.57. The molecule has 1 aromatic heterocycles. The molecule has 0 bridgehead atoms. The topological polar surface area (TPSA) is 55.3 Å². The molecule has 1 heterocycles. The van der Waals surface area contributed by atoms with Crippen molar-refractivity contribution in [3.05, 3.63) is 24.6 Å². The van der Waals surface area contributed by atoms with Crippen molar-refractivity contribution >= 4 is 6.01 Å². The van der Waals surface area contributed by atoms with Gasteiger partial charge in [-0.1, -0.05) is 6.08 Å². The van der Waals surface area contributed by atoms with Crippen LogP contribution < -0.4 is 10.6 Å². The molecule has 1 aromatic rings. The first kappa shape index (κ1) is 10.8. The Hall–Kier alpha value is -1.29. The maximum atomic E-state index is 5.43. The molecule has 0 aliphatic heterocycles. The van der Waals surface area contributed by atoms with Crippen LogP contribution in [0, 0.1) is 0 Å². The minimum Gasteiger partial charge on any atom is -0.432 e. The molecule has 1 rings (SSSR count). The van der Waals surface area contributed by atoms with E-state index >= 15 is 0 Å². The standard InChI is InChI=1S/C10H17N3O/c1-3-4-5-6-13(2)10-12-9(7-11)8-14-10/h3,8H,1,4-7,11H2,2H3. The third kappa shape index (κ3) is 2.88. The number of hydrogen-bond donors (Lipinski definition) is 1. The van der Waals surface area contributed by atoms with Gasteiger partial charge in [0.1, 0.15) is 6.26 Å². The molecule has 0 radical (unpaired) electrons. The highest BCUT2D eigenvalue weighted by molar-refractivity contribution is 5.24. The van der Waals surface area contributed by atoms with Crippen LogP contribution in [0.5, 0.6) is 0 Å². The molecule has 0 atom stereocenters. The fourth-order valence-corrected chi connectivity index (χ4v) is 1.13. The van der Waals surface area contributed by atoms with E-state index in [1.165, 1.54) is 0 Å². The van der Waals surface area contributed by atoms with Crippen LogP contribution in [-0.4, -0.2) is 18.6 Å². The molecule has 0 spiro atoms. The van der Waals surface area contributed by atoms with Gasteiger partial charge >= 0.3 is 0 Å². The number of nitrogens with zero attached hydrogens (tertiary/aromatic N) is 2. The normalized spacial score (nSPS) is 10.1. The second kappa shape index (κ2) is 5.44. The molecule has 0 unspecified atom stereocenters. The molecule has 14 heavy (non-hydrogen) atoms. The van der Waals surface area contributed by atoms with Crippen molar-refractivity contribution in [2.45, 2.75) is 19.4 Å². The van der Waals surface area contributed by atoms with Crippen molar-refractivity contribution in [2.75, 3.05) is 18.5 Å². The van der Waals surface area contributed by atoms with Crippen molar-refractivity contribution in [3.63, 3.8) is 0 Å². The largest absolute Gasteiger partial charge is 0.432 e. The van der Waals surface area contributed by atoms with E-state index < -0.39 is 0 Å². The van der Waals surface area contributed by atoms with Crippen LogP contribution in [0.15, 0.2) is 23.3 Å². The smallest absolute Gasteiger partial charge is 0.297 e. The second-order valence-corrected chi connectivity index (χ2v) is 3.18. The zero-order chi connectivity index (χ0) is 10.4. The molecule has 0 fully saturated rings. The number of allylic oxidation sites excluding steroid dienone is 1. The summed E-state index contributed by atoms with van der Waals surface area (Å²) >= 11 is 0. The lowest BCUT2D eigenvalue weighted by Gasteiger charge is -2.12. The summed E-state index contributed by atoms with van der Waals surface area (Å²) in [5.41, 5.74) is 6.22. The molecular weight excluding hydrogens is 178 g/mol. The summed E-state index contributed by atoms with van der Waals surface area (Å²) in [4.78, 5) is 6.19. The first-order chi connectivity index (χ1) is 6.77. The van der Waals surface area contributed by atoms with Gasteiger partial charge in [-0.2, -0.15) is 4.98 Å². The van der Waals surface area contributed by atoms with Gasteiger partial charge in [-0.15, -0.1) is 6.58 Å². The molecule has 0 saturated carbocycles. The Morgan fingerprint density at radius 3 is 3.07 bits per heavy atom. The summed E-state index contributed by atoms with van der Waals surface area (Å²) in [6, 6.07) is 0.634. The van der Waals surface area contributed by atoms with Crippen LogP contribution in [0.25, 0.3) is 0 Å². The fourth-order valence-electron chi connectivity index (χ4n) is 1.13. The number of oxazole rings is 1. The summed E-state index contributed by atoms with van der Waals surface area (Å²) in [5.74, 6) is 0. The average Bonchev–Trinajstić information content (AvgIpc) is 2.66. The van der Waals surface area contributed by atoms with Gasteiger partial charge in [-0.05, 0) is 12.8 Å². The number of aromatic nitrogens is 1. The third-order valence-corrected chi connectivity index (χ3v) is 1.98. The summed E-state index contributed by atoms with van der Waals surface area (Å²) in [7, 11) is 1.95. The molecule has 0 saturated heterocycles. The Morgan fingerprint density at radius 1 is 1.71 bits per heavy atom. The molecule has 0 aliphatic rings. The Kier molecular flexibility index (Phi) is 4.19. The first-order valence-corrected chi connectivity index (χ1v) is 4.74. The van der Waals surface area contributed by atoms with Crippen LogP contribution in [0.1, 0.15) is 18.5 Å². The average molecular weight is 195 g/mol. The van der Waals surface area contributed by atoms with E-state index in [-0.39, 0.29) is 0 Å². The van der Waals surface area contributed by atoms with Gasteiger partial charge in [0, 0.05) is 20.1 Å². The van der Waals surface area contributed by atoms with Crippen molar-refractivity contribution in [2.24, 2.45) is 5.73 Å². The van der Waals surface area contributed by atoms with E-state index in [9.17, 15) is 0 Å². The minimum absolute atomic E-state index is 0.421. The van der Waals surface area contributed by atoms with Gasteiger partial charge < -0.3 is 15.1 Å². The maximum absolute atomic E-state index is 5.43. The summed E-state index contributed by atoms with van der Waals surface area (Å²) < 4.78 is 5.26. The number of anilines is 1. The van der Waals surface area contributed by atoms with Gasteiger partial charge in [-0.3, -0.25) is 0 Å². The van der Waals surface area contributed by atoms with Gasteiger partial charge in [0.2, 0.25) is 0 Å². The highest BCUT2D eigenvalue weighted by Gasteiger charge is 2.06. The zero-order valence-electron chi connectivity index (χ0n) is 8.57. The Balaban J connectivity index is 2.43. The van der Waals surface area contributed by atoms with E-state index in [1.54, 1.807) is 6.26 Å². The van der Waals surface area contributed by atoms with E-state index in [2.05, 4.69) is 11.6 Å². The summed E-state index contributed by atoms with van der Waals surface area (Å²) in [6.45, 7) is 5.01. The van der Waals surface area contributed by atoms with Crippen LogP contribution in [0.4, 0.5) is 6.01 Å². The number of unbranched alkanes of at least 4 members (excludes halogenated alkanes) is 1. The van der Waals surface area contributed by atoms with Crippen LogP contribution in [0.2, 0.25) is 0 Å². The monoisotopic (exact) mass is 195 g/mol. The first-order valence-electron chi connectivity index (χ1n) is 4.74. The molecule has 4 nitrogen and oxygen atoms in total. The minimum atomic E-state index is 0.421. The van der Waals surface area contributed by atoms with Crippen molar-refractivity contribution in [3.8, 4) is 0 Å². The lowest BCUT2D eigenvalue weighted by Crippen LogP contribution is -2.18. The SMILES string of the molecule is C=CCCCN(C)c1nc(CN)co1. The molecule has 2 N–H and O–H groups in total. The van der Waals surface area contributed by atoms with Gasteiger partial charge in [0.15, 0.2) is 0 Å². The Bertz CT molecular complexity index is 283. The molecule has 0 amide bonds. The maximum Gasteiger partial charge on any atom is 0.297 e. The van der Waals surface area contributed by atoms with Gasteiger partial charge in [0.25, 0.3) is 6.01 Å². The Morgan fingerprint density at radius 2 is 2.50 bits per heavy atom. The quantitative estimate of drug-likeness (QED) is 0.552. The highest BCUT2D eigenvalue weighted by Crippen LogP contribution is 2.12. The fraction of sp³-hybridized carbons (Fsp3) is 0.500. The van der Waals surface area contributed by atoms with E-state index in [0.717, 1.165) is 25.1 Å². The lowest BCUT2D eigenvalue weighted by molar-refractivity contribution is 0.542. The molecule has 0 aromatic carbocycles. The van der Waals surface area contributed by atoms with E-state index in [4.69, 9.17) is 10.2 Å². The second-order valence-electron chi connectivity index (χ2n) is 3.18. The predicted molar refractivity (Wildman–Crippen MR) is 57.1 cm³/mol. The van der Waals surface area contributed by atoms with E-state index in [0.29, 0.717) is 12.6 Å². The molecule has 0 aliphatic carbocycles. The molecular formula is C10H17N3O. The van der Waals surface area contributed by atoms with Crippen LogP contribution in [-0.2, 0) is 6.54 Å². The number of nitrogens with two attached hydrogens (primary N) is 1. The number of hydrogen-bond acceptors (Lipinski definition) is 4. The zero-order valence-corrected chi connectivity index (χ0v) is 8.57. The Labute approximate surface area is 84.4 Å². The van der Waals surface area contributed by atoms with Crippen molar-refractivity contribution in [1.82, 2.24) is 4.98 Å². The third-order valence-electron chi connectivity index (χ3n) is 1.98. The molecule has 78 valence electrons. The highest BCUT2D eigenvalue weighted by atomic mass is 16.4. The van der Waals surface area contributed by atoms with Crippen LogP contribution in [0.3, 0.4) is 0 Å².